The molecular weight excluding hydrogens is 380 g/mol. The molecule has 4 nitrogen and oxygen atoms in total. The van der Waals surface area contributed by atoms with Crippen LogP contribution in [0.1, 0.15) is 10.4 Å². The first-order valence-electron chi connectivity index (χ1n) is 8.52. The molecule has 6 heteroatoms. The second-order valence-corrected chi connectivity index (χ2v) is 7.53. The van der Waals surface area contributed by atoms with Crippen LogP contribution in [0.5, 0.6) is 0 Å². The number of aromatic nitrogens is 1. The van der Waals surface area contributed by atoms with Gasteiger partial charge in [0.05, 0.1) is 16.8 Å². The monoisotopic (exact) mass is 396 g/mol. The molecule has 27 heavy (non-hydrogen) atoms. The number of nitrogens with zero attached hydrogens (tertiary/aromatic N) is 2. The molecule has 1 amide bonds. The van der Waals surface area contributed by atoms with Crippen molar-refractivity contribution in [3.8, 4) is 0 Å². The third-order valence-electron chi connectivity index (χ3n) is 4.38. The summed E-state index contributed by atoms with van der Waals surface area (Å²) < 4.78 is 8.21. The Labute approximate surface area is 165 Å². The molecule has 0 saturated heterocycles. The van der Waals surface area contributed by atoms with Crippen LogP contribution in [0.3, 0.4) is 0 Å². The lowest BCUT2D eigenvalue weighted by Gasteiger charge is -2.05. The van der Waals surface area contributed by atoms with Crippen LogP contribution in [0.25, 0.3) is 21.0 Å². The van der Waals surface area contributed by atoms with Gasteiger partial charge in [0.1, 0.15) is 0 Å². The number of halogens is 1. The number of ether oxygens (including phenoxy) is 1. The third-order valence-corrected chi connectivity index (χ3v) is 5.66. The van der Waals surface area contributed by atoms with E-state index in [0.717, 1.165) is 21.0 Å². The van der Waals surface area contributed by atoms with Gasteiger partial charge >= 0.3 is 0 Å². The first-order chi connectivity index (χ1) is 13.2. The maximum Gasteiger partial charge on any atom is 0.280 e. The maximum atomic E-state index is 13.0. The molecule has 0 saturated carbocycles. The smallest absolute Gasteiger partial charge is 0.280 e. The molecule has 1 aromatic heterocycles. The van der Waals surface area contributed by atoms with E-state index in [4.69, 9.17) is 16.3 Å². The van der Waals surface area contributed by atoms with Crippen molar-refractivity contribution in [1.29, 1.82) is 0 Å². The highest BCUT2D eigenvalue weighted by atomic mass is 35.5. The lowest BCUT2D eigenvalue weighted by molar-refractivity contribution is 0.0999. The molecule has 0 unspecified atom stereocenters. The number of fused-ring (bicyclic) bond motifs is 2. The van der Waals surface area contributed by atoms with Gasteiger partial charge < -0.3 is 9.30 Å². The van der Waals surface area contributed by atoms with Crippen LogP contribution in [0.2, 0.25) is 5.02 Å². The third kappa shape index (κ3) is 3.54. The number of amides is 1. The molecule has 4 rings (SSSR count). The Balaban J connectivity index is 1.87. The van der Waals surface area contributed by atoms with E-state index in [9.17, 15) is 4.79 Å². The van der Waals surface area contributed by atoms with Crippen LogP contribution >= 0.6 is 22.9 Å². The second kappa shape index (κ2) is 7.64. The van der Waals surface area contributed by atoms with Gasteiger partial charge in [-0.05, 0) is 35.0 Å². The minimum Gasteiger partial charge on any atom is -0.383 e. The number of carbonyl (C=O) groups excluding carboxylic acids is 1. The molecule has 0 aliphatic rings. The van der Waals surface area contributed by atoms with E-state index >= 15 is 0 Å². The summed E-state index contributed by atoms with van der Waals surface area (Å²) in [5, 5.41) is 2.59. The zero-order valence-electron chi connectivity index (χ0n) is 14.7. The standard InChI is InChI=1S/C21H17ClN2O2S/c1-26-12-11-24-18-10-9-15(22)13-19(18)27-21(24)23-20(25)17-8-4-6-14-5-2-3-7-16(14)17/h2-10,13H,11-12H2,1H3. The number of rotatable bonds is 4. The lowest BCUT2D eigenvalue weighted by atomic mass is 10.0. The van der Waals surface area contributed by atoms with Crippen molar-refractivity contribution in [1.82, 2.24) is 4.57 Å². The van der Waals surface area contributed by atoms with Crippen molar-refractivity contribution in [3.63, 3.8) is 0 Å². The molecule has 0 N–H and O–H groups in total. The zero-order valence-corrected chi connectivity index (χ0v) is 16.3. The summed E-state index contributed by atoms with van der Waals surface area (Å²) in [6, 6.07) is 19.2. The van der Waals surface area contributed by atoms with E-state index in [2.05, 4.69) is 4.99 Å². The number of carbonyl (C=O) groups is 1. The minimum absolute atomic E-state index is 0.254. The molecule has 1 heterocycles. The van der Waals surface area contributed by atoms with E-state index in [0.29, 0.717) is 28.5 Å². The van der Waals surface area contributed by atoms with Gasteiger partial charge in [0, 0.05) is 24.2 Å². The topological polar surface area (TPSA) is 43.6 Å². The number of hydrogen-bond donors (Lipinski definition) is 0. The van der Waals surface area contributed by atoms with Gasteiger partial charge in [-0.2, -0.15) is 4.99 Å². The maximum absolute atomic E-state index is 13.0. The molecule has 136 valence electrons. The predicted molar refractivity (Wildman–Crippen MR) is 111 cm³/mol. The summed E-state index contributed by atoms with van der Waals surface area (Å²) >= 11 is 7.58. The van der Waals surface area contributed by atoms with Crippen LogP contribution in [-0.4, -0.2) is 24.2 Å². The van der Waals surface area contributed by atoms with Crippen LogP contribution in [0.4, 0.5) is 0 Å². The fraction of sp³-hybridized carbons (Fsp3) is 0.143. The van der Waals surface area contributed by atoms with E-state index in [1.165, 1.54) is 11.3 Å². The van der Waals surface area contributed by atoms with Crippen LogP contribution in [0.15, 0.2) is 65.7 Å². The quantitative estimate of drug-likeness (QED) is 0.492. The average molecular weight is 397 g/mol. The summed E-state index contributed by atoms with van der Waals surface area (Å²) in [5.74, 6) is -0.254. The SMILES string of the molecule is COCCn1c(=NC(=O)c2cccc3ccccc23)sc2cc(Cl)ccc21. The highest BCUT2D eigenvalue weighted by Gasteiger charge is 2.12. The van der Waals surface area contributed by atoms with Gasteiger partial charge in [-0.15, -0.1) is 0 Å². The van der Waals surface area contributed by atoms with Gasteiger partial charge in [0.15, 0.2) is 4.80 Å². The Morgan fingerprint density at radius 1 is 1.15 bits per heavy atom. The predicted octanol–water partition coefficient (Wildman–Crippen LogP) is 4.90. The highest BCUT2D eigenvalue weighted by molar-refractivity contribution is 7.16. The molecular formula is C21H17ClN2O2S. The second-order valence-electron chi connectivity index (χ2n) is 6.08. The number of methoxy groups -OCH3 is 1. The van der Waals surface area contributed by atoms with Crippen LogP contribution in [0, 0.1) is 0 Å². The van der Waals surface area contributed by atoms with Gasteiger partial charge in [-0.1, -0.05) is 59.3 Å². The van der Waals surface area contributed by atoms with Crippen molar-refractivity contribution >= 4 is 49.8 Å². The molecule has 0 bridgehead atoms. The van der Waals surface area contributed by atoms with Crippen molar-refractivity contribution in [3.05, 3.63) is 76.1 Å². The molecule has 0 fully saturated rings. The molecule has 0 radical (unpaired) electrons. The number of benzene rings is 3. The van der Waals surface area contributed by atoms with Crippen molar-refractivity contribution in [2.24, 2.45) is 4.99 Å². The number of thiazole rings is 1. The zero-order chi connectivity index (χ0) is 18.8. The molecule has 3 aromatic carbocycles. The summed E-state index contributed by atoms with van der Waals surface area (Å²) in [6.45, 7) is 1.14. The summed E-state index contributed by atoms with van der Waals surface area (Å²) in [7, 11) is 1.66. The van der Waals surface area contributed by atoms with Crippen molar-refractivity contribution < 1.29 is 9.53 Å². The Morgan fingerprint density at radius 2 is 1.96 bits per heavy atom. The molecule has 0 spiro atoms. The van der Waals surface area contributed by atoms with E-state index in [-0.39, 0.29) is 5.91 Å². The van der Waals surface area contributed by atoms with Crippen molar-refractivity contribution in [2.75, 3.05) is 13.7 Å². The van der Waals surface area contributed by atoms with E-state index < -0.39 is 0 Å². The normalized spacial score (nSPS) is 12.1. The summed E-state index contributed by atoms with van der Waals surface area (Å²) in [4.78, 5) is 18.1. The minimum atomic E-state index is -0.254. The largest absolute Gasteiger partial charge is 0.383 e. The molecule has 0 aliphatic carbocycles. The van der Waals surface area contributed by atoms with Crippen molar-refractivity contribution in [2.45, 2.75) is 6.54 Å². The molecule has 0 atom stereocenters. The number of hydrogen-bond acceptors (Lipinski definition) is 3. The Morgan fingerprint density at radius 3 is 2.81 bits per heavy atom. The molecule has 4 aromatic rings. The van der Waals surface area contributed by atoms with Crippen LogP contribution < -0.4 is 4.80 Å². The van der Waals surface area contributed by atoms with E-state index in [1.807, 2.05) is 65.2 Å². The van der Waals surface area contributed by atoms with E-state index in [1.54, 1.807) is 7.11 Å². The highest BCUT2D eigenvalue weighted by Crippen LogP contribution is 2.23. The first-order valence-corrected chi connectivity index (χ1v) is 9.71. The lowest BCUT2D eigenvalue weighted by Crippen LogP contribution is -2.19. The first kappa shape index (κ1) is 17.9. The molecule has 0 aliphatic heterocycles. The summed E-state index contributed by atoms with van der Waals surface area (Å²) in [6.07, 6.45) is 0. The average Bonchev–Trinajstić information content (AvgIpc) is 3.01. The fourth-order valence-corrected chi connectivity index (χ4v) is 4.42. The summed E-state index contributed by atoms with van der Waals surface area (Å²) in [5.41, 5.74) is 1.59. The van der Waals surface area contributed by atoms with Gasteiger partial charge in [-0.25, -0.2) is 0 Å². The Hall–Kier alpha value is -2.47. The Kier molecular flexibility index (Phi) is 5.07. The van der Waals surface area contributed by atoms with Gasteiger partial charge in [-0.3, -0.25) is 4.79 Å². The van der Waals surface area contributed by atoms with Gasteiger partial charge in [0.25, 0.3) is 5.91 Å². The Bertz CT molecular complexity index is 1200. The van der Waals surface area contributed by atoms with Gasteiger partial charge in [0.2, 0.25) is 0 Å². The van der Waals surface area contributed by atoms with Crippen LogP contribution in [-0.2, 0) is 11.3 Å². The fourth-order valence-electron chi connectivity index (χ4n) is 3.09.